The van der Waals surface area contributed by atoms with Gasteiger partial charge >= 0.3 is 0 Å². The highest BCUT2D eigenvalue weighted by atomic mass is 32.2. The van der Waals surface area contributed by atoms with Crippen molar-refractivity contribution in [3.05, 3.63) is 17.5 Å². The predicted molar refractivity (Wildman–Crippen MR) is 66.1 cm³/mol. The van der Waals surface area contributed by atoms with E-state index in [0.717, 1.165) is 0 Å². The maximum Gasteiger partial charge on any atom is 0.292 e. The van der Waals surface area contributed by atoms with Crippen LogP contribution >= 0.6 is 11.8 Å². The van der Waals surface area contributed by atoms with Crippen molar-refractivity contribution in [2.45, 2.75) is 17.5 Å². The van der Waals surface area contributed by atoms with E-state index in [-0.39, 0.29) is 11.7 Å². The van der Waals surface area contributed by atoms with E-state index in [1.165, 1.54) is 18.8 Å². The van der Waals surface area contributed by atoms with Crippen molar-refractivity contribution in [2.75, 3.05) is 7.05 Å². The van der Waals surface area contributed by atoms with E-state index >= 15 is 0 Å². The minimum atomic E-state index is -0.385. The Labute approximate surface area is 112 Å². The second-order valence-electron chi connectivity index (χ2n) is 3.54. The second-order valence-corrected chi connectivity index (χ2v) is 4.48. The minimum Gasteiger partial charge on any atom is -0.352 e. The van der Waals surface area contributed by atoms with Gasteiger partial charge in [-0.3, -0.25) is 4.79 Å². The van der Waals surface area contributed by atoms with Crippen molar-refractivity contribution >= 4 is 17.7 Å². The van der Waals surface area contributed by atoms with E-state index in [2.05, 4.69) is 25.7 Å². The fourth-order valence-corrected chi connectivity index (χ4v) is 2.06. The van der Waals surface area contributed by atoms with Crippen LogP contribution in [0.25, 0.3) is 0 Å². The highest BCUT2D eigenvalue weighted by Gasteiger charge is 2.14. The van der Waals surface area contributed by atoms with Crippen LogP contribution in [0.5, 0.6) is 0 Å². The van der Waals surface area contributed by atoms with E-state index in [0.29, 0.717) is 29.2 Å². The summed E-state index contributed by atoms with van der Waals surface area (Å²) in [6.07, 6.45) is 0. The smallest absolute Gasteiger partial charge is 0.292 e. The maximum atomic E-state index is 11.3. The molecule has 0 spiro atoms. The van der Waals surface area contributed by atoms with Gasteiger partial charge in [0.05, 0.1) is 12.3 Å². The van der Waals surface area contributed by atoms with Gasteiger partial charge in [0.2, 0.25) is 5.89 Å². The number of thioether (sulfide) groups is 1. The molecule has 0 fully saturated rings. The second kappa shape index (κ2) is 5.80. The van der Waals surface area contributed by atoms with Crippen LogP contribution < -0.4 is 11.1 Å². The zero-order valence-corrected chi connectivity index (χ0v) is 11.3. The first-order valence-electron chi connectivity index (χ1n) is 5.41. The van der Waals surface area contributed by atoms with E-state index < -0.39 is 0 Å². The average molecular weight is 283 g/mol. The largest absolute Gasteiger partial charge is 0.352 e. The number of nitrogens with zero attached hydrogens (tertiary/aromatic N) is 5. The molecule has 0 aliphatic rings. The molecule has 102 valence electrons. The average Bonchev–Trinajstić information content (AvgIpc) is 3.02. The van der Waals surface area contributed by atoms with Crippen molar-refractivity contribution < 1.29 is 9.32 Å². The van der Waals surface area contributed by atoms with Gasteiger partial charge in [-0.2, -0.15) is 4.98 Å². The molecule has 2 aromatic rings. The molecule has 0 atom stereocenters. The predicted octanol–water partition coefficient (Wildman–Crippen LogP) is -0.691. The van der Waals surface area contributed by atoms with E-state index in [9.17, 15) is 4.79 Å². The monoisotopic (exact) mass is 283 g/mol. The van der Waals surface area contributed by atoms with Gasteiger partial charge in [0.15, 0.2) is 5.16 Å². The number of amides is 1. The van der Waals surface area contributed by atoms with Gasteiger partial charge in [-0.1, -0.05) is 16.9 Å². The lowest BCUT2D eigenvalue weighted by Gasteiger charge is -1.99. The van der Waals surface area contributed by atoms with E-state index in [4.69, 9.17) is 10.3 Å². The Morgan fingerprint density at radius 2 is 2.32 bits per heavy atom. The number of rotatable bonds is 5. The molecular weight excluding hydrogens is 270 g/mol. The summed E-state index contributed by atoms with van der Waals surface area (Å²) in [5.41, 5.74) is 5.51. The Morgan fingerprint density at radius 1 is 1.53 bits per heavy atom. The molecule has 2 rings (SSSR count). The van der Waals surface area contributed by atoms with E-state index in [1.54, 1.807) is 4.57 Å². The summed E-state index contributed by atoms with van der Waals surface area (Å²) in [4.78, 5) is 15.2. The molecule has 10 heteroatoms. The molecule has 9 nitrogen and oxygen atoms in total. The number of carbonyl (C=O) groups excluding carboxylic acids is 1. The molecular formula is C9H13N7O2S. The van der Waals surface area contributed by atoms with Gasteiger partial charge in [-0.15, -0.1) is 10.2 Å². The summed E-state index contributed by atoms with van der Waals surface area (Å²) >= 11 is 1.37. The summed E-state index contributed by atoms with van der Waals surface area (Å²) in [5.74, 6) is 1.07. The van der Waals surface area contributed by atoms with Crippen molar-refractivity contribution in [1.82, 2.24) is 30.2 Å². The third-order valence-electron chi connectivity index (χ3n) is 2.33. The van der Waals surface area contributed by atoms with Crippen LogP contribution in [0.4, 0.5) is 0 Å². The molecule has 0 aliphatic heterocycles. The van der Waals surface area contributed by atoms with Crippen molar-refractivity contribution in [3.8, 4) is 0 Å². The molecule has 19 heavy (non-hydrogen) atoms. The molecule has 0 saturated carbocycles. The van der Waals surface area contributed by atoms with Gasteiger partial charge in [-0.05, 0) is 0 Å². The standard InChI is InChI=1S/C9H13N7O2S/c1-11-8(17)7-12-6(18-15-7)4-19-9-14-13-5(3-10)16(9)2/h3-4,10H2,1-2H3,(H,11,17). The lowest BCUT2D eigenvalue weighted by molar-refractivity contribution is 0.0950. The third-order valence-corrected chi connectivity index (χ3v) is 3.34. The van der Waals surface area contributed by atoms with Gasteiger partial charge in [0.25, 0.3) is 11.7 Å². The number of hydrogen-bond donors (Lipinski definition) is 2. The summed E-state index contributed by atoms with van der Waals surface area (Å²) in [6.45, 7) is 0.325. The van der Waals surface area contributed by atoms with Gasteiger partial charge in [0, 0.05) is 14.1 Å². The number of aromatic nitrogens is 5. The minimum absolute atomic E-state index is 0.0127. The molecule has 0 aromatic carbocycles. The summed E-state index contributed by atoms with van der Waals surface area (Å²) in [6, 6.07) is 0. The highest BCUT2D eigenvalue weighted by molar-refractivity contribution is 7.98. The SMILES string of the molecule is CNC(=O)c1noc(CSc2nnc(CN)n2C)n1. The lowest BCUT2D eigenvalue weighted by atomic mass is 10.6. The quantitative estimate of drug-likeness (QED) is 0.691. The molecule has 0 aliphatic carbocycles. The van der Waals surface area contributed by atoms with Crippen LogP contribution in [-0.4, -0.2) is 37.9 Å². The summed E-state index contributed by atoms with van der Waals surface area (Å²) in [5, 5.41) is 14.6. The van der Waals surface area contributed by atoms with Crippen LogP contribution in [0, 0.1) is 0 Å². The van der Waals surface area contributed by atoms with E-state index in [1.807, 2.05) is 7.05 Å². The maximum absolute atomic E-state index is 11.3. The number of nitrogens with one attached hydrogen (secondary N) is 1. The van der Waals surface area contributed by atoms with Gasteiger partial charge < -0.3 is 20.1 Å². The molecule has 1 amide bonds. The zero-order chi connectivity index (χ0) is 13.8. The number of hydrogen-bond acceptors (Lipinski definition) is 8. The van der Waals surface area contributed by atoms with Gasteiger partial charge in [-0.25, -0.2) is 0 Å². The Kier molecular flexibility index (Phi) is 4.12. The van der Waals surface area contributed by atoms with Crippen LogP contribution in [0.1, 0.15) is 22.3 Å². The fourth-order valence-electron chi connectivity index (χ4n) is 1.29. The lowest BCUT2D eigenvalue weighted by Crippen LogP contribution is -2.19. The number of carbonyl (C=O) groups is 1. The molecule has 0 saturated heterocycles. The topological polar surface area (TPSA) is 125 Å². The molecule has 2 aromatic heterocycles. The first-order valence-corrected chi connectivity index (χ1v) is 6.40. The Bertz CT molecular complexity index is 579. The molecule has 0 bridgehead atoms. The van der Waals surface area contributed by atoms with Crippen LogP contribution in [0.2, 0.25) is 0 Å². The summed E-state index contributed by atoms with van der Waals surface area (Å²) in [7, 11) is 3.33. The molecule has 2 heterocycles. The first kappa shape index (κ1) is 13.5. The molecule has 0 radical (unpaired) electrons. The Morgan fingerprint density at radius 3 is 2.95 bits per heavy atom. The van der Waals surface area contributed by atoms with Crippen LogP contribution in [0.15, 0.2) is 9.68 Å². The zero-order valence-electron chi connectivity index (χ0n) is 10.5. The number of nitrogens with two attached hydrogens (primary N) is 1. The molecule has 3 N–H and O–H groups in total. The Balaban J connectivity index is 2.00. The van der Waals surface area contributed by atoms with Crippen molar-refractivity contribution in [1.29, 1.82) is 0 Å². The molecule has 0 unspecified atom stereocenters. The first-order chi connectivity index (χ1) is 9.15. The Hall–Kier alpha value is -1.94. The normalized spacial score (nSPS) is 10.7. The summed E-state index contributed by atoms with van der Waals surface area (Å²) < 4.78 is 6.75. The third kappa shape index (κ3) is 2.90. The van der Waals surface area contributed by atoms with Crippen molar-refractivity contribution in [2.24, 2.45) is 12.8 Å². The fraction of sp³-hybridized carbons (Fsp3) is 0.444. The highest BCUT2D eigenvalue weighted by Crippen LogP contribution is 2.19. The van der Waals surface area contributed by atoms with Crippen LogP contribution in [0.3, 0.4) is 0 Å². The van der Waals surface area contributed by atoms with Gasteiger partial charge in [0.1, 0.15) is 5.82 Å². The van der Waals surface area contributed by atoms with Crippen LogP contribution in [-0.2, 0) is 19.3 Å². The van der Waals surface area contributed by atoms with Crippen molar-refractivity contribution in [3.63, 3.8) is 0 Å².